The lowest BCUT2D eigenvalue weighted by Gasteiger charge is -2.12. The molecule has 42 heavy (non-hydrogen) atoms. The summed E-state index contributed by atoms with van der Waals surface area (Å²) in [5, 5.41) is 24.4. The summed E-state index contributed by atoms with van der Waals surface area (Å²) in [6.07, 6.45) is 0. The molecule has 0 radical (unpaired) electrons. The quantitative estimate of drug-likeness (QED) is 0.213. The fraction of sp³-hybridized carbons (Fsp3) is 0. The Labute approximate surface area is 250 Å². The number of nitriles is 2. The van der Waals surface area contributed by atoms with Crippen molar-refractivity contribution >= 4 is 63.0 Å². The van der Waals surface area contributed by atoms with Crippen molar-refractivity contribution < 1.29 is 0 Å². The van der Waals surface area contributed by atoms with E-state index in [4.69, 9.17) is 0 Å². The number of fused-ring (bicyclic) bond motifs is 6. The van der Waals surface area contributed by atoms with Gasteiger partial charge in [0.1, 0.15) is 0 Å². The Morgan fingerprint density at radius 2 is 0.762 bits per heavy atom. The largest absolute Gasteiger partial charge is 0.192 e. The van der Waals surface area contributed by atoms with Crippen LogP contribution in [0.25, 0.3) is 73.7 Å². The van der Waals surface area contributed by atoms with Crippen molar-refractivity contribution in [1.29, 1.82) is 10.5 Å². The third-order valence-corrected chi connectivity index (χ3v) is 10.1. The molecule has 0 saturated heterocycles. The standard InChI is InChI=1S/C38H20N2S2/c39-21-23-13-24(22-40)15-27(14-23)30-17-28(25-9-11-33-31-5-1-3-7-35(31)41-37(33)19-25)16-29(18-30)26-10-12-34-32-6-2-4-8-36(32)42-38(34)20-26/h1-20H. The van der Waals surface area contributed by atoms with Crippen LogP contribution >= 0.6 is 22.7 Å². The molecule has 0 atom stereocenters. The fourth-order valence-corrected chi connectivity index (χ4v) is 8.15. The van der Waals surface area contributed by atoms with E-state index in [1.165, 1.54) is 40.3 Å². The predicted octanol–water partition coefficient (Wildman–Crippen LogP) is 11.2. The van der Waals surface area contributed by atoms with Gasteiger partial charge in [-0.25, -0.2) is 0 Å². The Balaban J connectivity index is 1.35. The smallest absolute Gasteiger partial charge is 0.0992 e. The molecule has 0 unspecified atom stereocenters. The van der Waals surface area contributed by atoms with Gasteiger partial charge >= 0.3 is 0 Å². The summed E-state index contributed by atoms with van der Waals surface area (Å²) in [7, 11) is 0. The zero-order chi connectivity index (χ0) is 28.2. The highest BCUT2D eigenvalue weighted by atomic mass is 32.1. The van der Waals surface area contributed by atoms with Gasteiger partial charge in [0, 0.05) is 40.3 Å². The van der Waals surface area contributed by atoms with Crippen LogP contribution in [-0.2, 0) is 0 Å². The summed E-state index contributed by atoms with van der Waals surface area (Å²) >= 11 is 3.63. The van der Waals surface area contributed by atoms with Crippen LogP contribution in [0.3, 0.4) is 0 Å². The van der Waals surface area contributed by atoms with Gasteiger partial charge < -0.3 is 0 Å². The lowest BCUT2D eigenvalue weighted by Crippen LogP contribution is -1.88. The highest BCUT2D eigenvalue weighted by molar-refractivity contribution is 7.26. The number of nitrogens with zero attached hydrogens (tertiary/aromatic N) is 2. The maximum Gasteiger partial charge on any atom is 0.0992 e. The topological polar surface area (TPSA) is 47.6 Å². The van der Waals surface area contributed by atoms with E-state index < -0.39 is 0 Å². The van der Waals surface area contributed by atoms with Crippen LogP contribution in [0.5, 0.6) is 0 Å². The number of thiophene rings is 2. The van der Waals surface area contributed by atoms with Gasteiger partial charge in [-0.05, 0) is 94.0 Å². The lowest BCUT2D eigenvalue weighted by molar-refractivity contribution is 1.44. The highest BCUT2D eigenvalue weighted by Gasteiger charge is 2.13. The van der Waals surface area contributed by atoms with Gasteiger partial charge in [-0.1, -0.05) is 60.7 Å². The molecule has 8 rings (SSSR count). The monoisotopic (exact) mass is 568 g/mol. The molecule has 0 spiro atoms. The Hall–Kier alpha value is -5.26. The number of hydrogen-bond donors (Lipinski definition) is 0. The minimum absolute atomic E-state index is 0.481. The summed E-state index contributed by atoms with van der Waals surface area (Å²) in [5.74, 6) is 0. The molecule has 0 aliphatic heterocycles. The van der Waals surface area contributed by atoms with E-state index in [1.807, 2.05) is 34.8 Å². The molecular weight excluding hydrogens is 549 g/mol. The third kappa shape index (κ3) is 4.06. The molecule has 2 heterocycles. The van der Waals surface area contributed by atoms with Crippen LogP contribution in [0.1, 0.15) is 11.1 Å². The number of hydrogen-bond acceptors (Lipinski definition) is 4. The summed E-state index contributed by atoms with van der Waals surface area (Å²) < 4.78 is 5.08. The first-order valence-corrected chi connectivity index (χ1v) is 15.2. The predicted molar refractivity (Wildman–Crippen MR) is 178 cm³/mol. The van der Waals surface area contributed by atoms with Crippen LogP contribution < -0.4 is 0 Å². The molecule has 4 heteroatoms. The average molecular weight is 569 g/mol. The maximum atomic E-state index is 9.66. The number of rotatable bonds is 3. The second-order valence-electron chi connectivity index (χ2n) is 10.4. The molecule has 0 bridgehead atoms. The molecule has 8 aromatic rings. The van der Waals surface area contributed by atoms with Crippen molar-refractivity contribution in [3.63, 3.8) is 0 Å². The Morgan fingerprint density at radius 3 is 1.24 bits per heavy atom. The van der Waals surface area contributed by atoms with E-state index in [1.54, 1.807) is 6.07 Å². The number of benzene rings is 6. The van der Waals surface area contributed by atoms with Crippen molar-refractivity contribution in [1.82, 2.24) is 0 Å². The molecular formula is C38H20N2S2. The van der Waals surface area contributed by atoms with Crippen molar-refractivity contribution in [2.45, 2.75) is 0 Å². The minimum Gasteiger partial charge on any atom is -0.192 e. The Bertz CT molecular complexity index is 2280. The lowest BCUT2D eigenvalue weighted by atomic mass is 9.91. The average Bonchev–Trinajstić information content (AvgIpc) is 3.61. The molecule has 0 N–H and O–H groups in total. The maximum absolute atomic E-state index is 9.66. The molecule has 0 aliphatic rings. The van der Waals surface area contributed by atoms with E-state index in [-0.39, 0.29) is 0 Å². The fourth-order valence-electron chi connectivity index (χ4n) is 5.86. The Morgan fingerprint density at radius 1 is 0.357 bits per heavy atom. The van der Waals surface area contributed by atoms with Gasteiger partial charge in [0.2, 0.25) is 0 Å². The molecule has 2 nitrogen and oxygen atoms in total. The second-order valence-corrected chi connectivity index (χ2v) is 12.6. The SMILES string of the molecule is N#Cc1cc(C#N)cc(-c2cc(-c3ccc4c(c3)sc3ccccc34)cc(-c3ccc4c(c3)sc3ccccc34)c2)c1. The molecule has 6 aromatic carbocycles. The Kier molecular flexibility index (Phi) is 5.66. The normalized spacial score (nSPS) is 11.3. The zero-order valence-corrected chi connectivity index (χ0v) is 23.9. The van der Waals surface area contributed by atoms with Crippen LogP contribution in [0.15, 0.2) is 121 Å². The summed E-state index contributed by atoms with van der Waals surface area (Å²) in [5.41, 5.74) is 7.26. The molecule has 0 saturated carbocycles. The van der Waals surface area contributed by atoms with E-state index in [2.05, 4.69) is 115 Å². The first-order chi connectivity index (χ1) is 20.7. The molecule has 2 aromatic heterocycles. The minimum atomic E-state index is 0.481. The van der Waals surface area contributed by atoms with Crippen LogP contribution in [-0.4, -0.2) is 0 Å². The van der Waals surface area contributed by atoms with Crippen molar-refractivity contribution in [2.24, 2.45) is 0 Å². The van der Waals surface area contributed by atoms with Crippen LogP contribution in [0.4, 0.5) is 0 Å². The highest BCUT2D eigenvalue weighted by Crippen LogP contribution is 2.40. The van der Waals surface area contributed by atoms with Crippen LogP contribution in [0, 0.1) is 22.7 Å². The summed E-state index contributed by atoms with van der Waals surface area (Å²) in [6.45, 7) is 0. The first kappa shape index (κ1) is 24.5. The van der Waals surface area contributed by atoms with Crippen molar-refractivity contribution in [2.75, 3.05) is 0 Å². The summed E-state index contributed by atoms with van der Waals surface area (Å²) in [6, 6.07) is 46.9. The van der Waals surface area contributed by atoms with Gasteiger partial charge in [-0.2, -0.15) is 10.5 Å². The molecule has 0 amide bonds. The second kappa shape index (κ2) is 9.68. The van der Waals surface area contributed by atoms with Gasteiger partial charge in [0.15, 0.2) is 0 Å². The van der Waals surface area contributed by atoms with Gasteiger partial charge in [-0.15, -0.1) is 22.7 Å². The van der Waals surface area contributed by atoms with E-state index in [0.717, 1.165) is 33.4 Å². The van der Waals surface area contributed by atoms with E-state index >= 15 is 0 Å². The van der Waals surface area contributed by atoms with Gasteiger partial charge in [0.05, 0.1) is 23.3 Å². The van der Waals surface area contributed by atoms with Crippen LogP contribution in [0.2, 0.25) is 0 Å². The van der Waals surface area contributed by atoms with Gasteiger partial charge in [-0.3, -0.25) is 0 Å². The third-order valence-electron chi connectivity index (χ3n) is 7.88. The zero-order valence-electron chi connectivity index (χ0n) is 22.3. The first-order valence-electron chi connectivity index (χ1n) is 13.6. The molecule has 0 fully saturated rings. The van der Waals surface area contributed by atoms with E-state index in [9.17, 15) is 10.5 Å². The van der Waals surface area contributed by atoms with E-state index in [0.29, 0.717) is 11.1 Å². The summed E-state index contributed by atoms with van der Waals surface area (Å²) in [4.78, 5) is 0. The van der Waals surface area contributed by atoms with Gasteiger partial charge in [0.25, 0.3) is 0 Å². The van der Waals surface area contributed by atoms with Crippen molar-refractivity contribution in [3.8, 4) is 45.5 Å². The van der Waals surface area contributed by atoms with Crippen molar-refractivity contribution in [3.05, 3.63) is 132 Å². The molecule has 0 aliphatic carbocycles. The molecule has 194 valence electrons.